The largest absolute Gasteiger partial charge is 0.455 e. The maximum Gasteiger partial charge on any atom is 0.317 e. The molecule has 0 spiro atoms. The smallest absolute Gasteiger partial charge is 0.317 e. The molecule has 0 radical (unpaired) electrons. The summed E-state index contributed by atoms with van der Waals surface area (Å²) in [6.45, 7) is 1.43. The number of halogens is 2. The molecule has 2 aromatic rings. The molecule has 0 bridgehead atoms. The summed E-state index contributed by atoms with van der Waals surface area (Å²) in [5.41, 5.74) is 0.964. The highest BCUT2D eigenvalue weighted by Crippen LogP contribution is 2.49. The third-order valence-electron chi connectivity index (χ3n) is 4.62. The van der Waals surface area contributed by atoms with Gasteiger partial charge in [0.25, 0.3) is 5.91 Å². The van der Waals surface area contributed by atoms with Crippen molar-refractivity contribution in [1.82, 2.24) is 5.32 Å². The van der Waals surface area contributed by atoms with Crippen molar-refractivity contribution in [1.29, 1.82) is 0 Å². The van der Waals surface area contributed by atoms with Crippen molar-refractivity contribution in [3.05, 3.63) is 70.5 Å². The highest BCUT2D eigenvalue weighted by Gasteiger charge is 2.52. The molecule has 2 aromatic carbocycles. The lowest BCUT2D eigenvalue weighted by Gasteiger charge is -2.17. The van der Waals surface area contributed by atoms with Crippen molar-refractivity contribution in [3.8, 4) is 0 Å². The maximum atomic E-state index is 12.9. The third-order valence-corrected chi connectivity index (χ3v) is 4.87. The van der Waals surface area contributed by atoms with E-state index < -0.39 is 17.3 Å². The van der Waals surface area contributed by atoms with Gasteiger partial charge in [0, 0.05) is 5.02 Å². The Kier molecular flexibility index (Phi) is 5.28. The maximum absolute atomic E-state index is 12.9. The van der Waals surface area contributed by atoms with E-state index in [-0.39, 0.29) is 18.5 Å². The van der Waals surface area contributed by atoms with Crippen LogP contribution in [0.1, 0.15) is 36.9 Å². The number of amides is 1. The fourth-order valence-corrected chi connectivity index (χ4v) is 3.02. The second kappa shape index (κ2) is 7.46. The topological polar surface area (TPSA) is 55.4 Å². The first-order chi connectivity index (χ1) is 12.4. The number of benzene rings is 2. The molecule has 0 saturated heterocycles. The van der Waals surface area contributed by atoms with Gasteiger partial charge in [-0.25, -0.2) is 4.39 Å². The molecule has 1 aliphatic carbocycles. The zero-order chi connectivity index (χ0) is 18.7. The van der Waals surface area contributed by atoms with E-state index in [1.54, 1.807) is 31.2 Å². The van der Waals surface area contributed by atoms with Gasteiger partial charge < -0.3 is 10.1 Å². The molecule has 6 heteroatoms. The summed E-state index contributed by atoms with van der Waals surface area (Å²) in [5.74, 6) is -1.13. The van der Waals surface area contributed by atoms with E-state index in [2.05, 4.69) is 5.32 Å². The van der Waals surface area contributed by atoms with Crippen molar-refractivity contribution < 1.29 is 18.7 Å². The van der Waals surface area contributed by atoms with E-state index in [1.807, 2.05) is 12.1 Å². The van der Waals surface area contributed by atoms with Crippen LogP contribution >= 0.6 is 11.6 Å². The van der Waals surface area contributed by atoms with Crippen LogP contribution < -0.4 is 5.32 Å². The Hall–Kier alpha value is -2.40. The molecule has 0 aliphatic heterocycles. The van der Waals surface area contributed by atoms with Gasteiger partial charge in [0.2, 0.25) is 0 Å². The monoisotopic (exact) mass is 375 g/mol. The van der Waals surface area contributed by atoms with Crippen LogP contribution in [-0.4, -0.2) is 18.5 Å². The molecule has 1 atom stereocenters. The SMILES string of the molecule is C[C@H](NC(=O)COC(=O)C1(c2ccc(Cl)cc2)CC1)c1ccc(F)cc1. The van der Waals surface area contributed by atoms with Crippen LogP contribution in [0.15, 0.2) is 48.5 Å². The number of esters is 1. The standard InChI is InChI=1S/C20H19ClFNO3/c1-13(14-2-8-17(22)9-3-14)23-18(24)12-26-19(25)20(10-11-20)15-4-6-16(21)7-5-15/h2-9,13H,10-12H2,1H3,(H,23,24)/t13-/m0/s1. The number of carbonyl (C=O) groups excluding carboxylic acids is 2. The van der Waals surface area contributed by atoms with Crippen LogP contribution in [0.25, 0.3) is 0 Å². The van der Waals surface area contributed by atoms with Crippen molar-refractivity contribution >= 4 is 23.5 Å². The summed E-state index contributed by atoms with van der Waals surface area (Å²) in [4.78, 5) is 24.5. The molecule has 1 fully saturated rings. The molecule has 26 heavy (non-hydrogen) atoms. The zero-order valence-corrected chi connectivity index (χ0v) is 15.1. The van der Waals surface area contributed by atoms with Crippen LogP contribution in [0.4, 0.5) is 4.39 Å². The average Bonchev–Trinajstić information content (AvgIpc) is 3.42. The fourth-order valence-electron chi connectivity index (χ4n) is 2.89. The van der Waals surface area contributed by atoms with Gasteiger partial charge >= 0.3 is 5.97 Å². The average molecular weight is 376 g/mol. The molecule has 3 rings (SSSR count). The Labute approximate surface area is 156 Å². The Morgan fingerprint density at radius 2 is 1.77 bits per heavy atom. The number of rotatable bonds is 6. The molecular formula is C20H19ClFNO3. The normalized spacial score (nSPS) is 15.8. The first-order valence-electron chi connectivity index (χ1n) is 8.39. The Balaban J connectivity index is 1.53. The van der Waals surface area contributed by atoms with Gasteiger partial charge in [0.1, 0.15) is 5.82 Å². The van der Waals surface area contributed by atoms with E-state index >= 15 is 0 Å². The quantitative estimate of drug-likeness (QED) is 0.778. The predicted molar refractivity (Wildman–Crippen MR) is 96.3 cm³/mol. The van der Waals surface area contributed by atoms with Crippen molar-refractivity contribution in [3.63, 3.8) is 0 Å². The molecule has 0 heterocycles. The van der Waals surface area contributed by atoms with Gasteiger partial charge in [0.05, 0.1) is 11.5 Å². The number of carbonyl (C=O) groups is 2. The molecule has 0 unspecified atom stereocenters. The second-order valence-corrected chi connectivity index (χ2v) is 6.94. The number of hydrogen-bond donors (Lipinski definition) is 1. The molecule has 4 nitrogen and oxygen atoms in total. The minimum Gasteiger partial charge on any atom is -0.455 e. The fraction of sp³-hybridized carbons (Fsp3) is 0.300. The minimum atomic E-state index is -0.659. The van der Waals surface area contributed by atoms with Crippen LogP contribution in [-0.2, 0) is 19.7 Å². The first kappa shape index (κ1) is 18.4. The Morgan fingerprint density at radius 3 is 2.35 bits per heavy atom. The number of nitrogens with one attached hydrogen (secondary N) is 1. The van der Waals surface area contributed by atoms with Crippen LogP contribution in [0.3, 0.4) is 0 Å². The van der Waals surface area contributed by atoms with E-state index in [4.69, 9.17) is 16.3 Å². The third kappa shape index (κ3) is 4.05. The van der Waals surface area contributed by atoms with Gasteiger partial charge in [-0.1, -0.05) is 35.9 Å². The lowest BCUT2D eigenvalue weighted by Crippen LogP contribution is -2.33. The van der Waals surface area contributed by atoms with Gasteiger partial charge in [-0.15, -0.1) is 0 Å². The summed E-state index contributed by atoms with van der Waals surface area (Å²) in [5, 5.41) is 3.34. The first-order valence-corrected chi connectivity index (χ1v) is 8.77. The predicted octanol–water partition coefficient (Wildman–Crippen LogP) is 3.93. The molecule has 1 amide bonds. The van der Waals surface area contributed by atoms with Crippen molar-refractivity contribution in [2.75, 3.05) is 6.61 Å². The van der Waals surface area contributed by atoms with Crippen LogP contribution in [0.5, 0.6) is 0 Å². The lowest BCUT2D eigenvalue weighted by atomic mass is 9.96. The van der Waals surface area contributed by atoms with Gasteiger partial charge in [-0.3, -0.25) is 9.59 Å². The Bertz CT molecular complexity index is 801. The van der Waals surface area contributed by atoms with Gasteiger partial charge in [-0.2, -0.15) is 0 Å². The molecule has 1 N–H and O–H groups in total. The Morgan fingerprint density at radius 1 is 1.15 bits per heavy atom. The second-order valence-electron chi connectivity index (χ2n) is 6.51. The van der Waals surface area contributed by atoms with E-state index in [0.717, 1.165) is 11.1 Å². The van der Waals surface area contributed by atoms with E-state index in [0.29, 0.717) is 17.9 Å². The molecular weight excluding hydrogens is 357 g/mol. The summed E-state index contributed by atoms with van der Waals surface area (Å²) < 4.78 is 18.2. The highest BCUT2D eigenvalue weighted by molar-refractivity contribution is 6.30. The lowest BCUT2D eigenvalue weighted by molar-refractivity contribution is -0.151. The van der Waals surface area contributed by atoms with Gasteiger partial charge in [0.15, 0.2) is 6.61 Å². The molecule has 1 saturated carbocycles. The summed E-state index contributed by atoms with van der Waals surface area (Å²) >= 11 is 5.88. The molecule has 1 aliphatic rings. The molecule has 0 aromatic heterocycles. The number of ether oxygens (including phenoxy) is 1. The van der Waals surface area contributed by atoms with Crippen LogP contribution in [0, 0.1) is 5.82 Å². The van der Waals surface area contributed by atoms with E-state index in [9.17, 15) is 14.0 Å². The summed E-state index contributed by atoms with van der Waals surface area (Å²) in [7, 11) is 0. The summed E-state index contributed by atoms with van der Waals surface area (Å²) in [6.07, 6.45) is 1.39. The molecule has 136 valence electrons. The van der Waals surface area contributed by atoms with E-state index in [1.165, 1.54) is 12.1 Å². The van der Waals surface area contributed by atoms with Gasteiger partial charge in [-0.05, 0) is 55.2 Å². The number of hydrogen-bond acceptors (Lipinski definition) is 3. The summed E-state index contributed by atoms with van der Waals surface area (Å²) in [6, 6.07) is 12.7. The minimum absolute atomic E-state index is 0.312. The van der Waals surface area contributed by atoms with Crippen LogP contribution in [0.2, 0.25) is 5.02 Å². The highest BCUT2D eigenvalue weighted by atomic mass is 35.5. The van der Waals surface area contributed by atoms with Crippen molar-refractivity contribution in [2.45, 2.75) is 31.2 Å². The zero-order valence-electron chi connectivity index (χ0n) is 14.3. The van der Waals surface area contributed by atoms with Crippen molar-refractivity contribution in [2.24, 2.45) is 0 Å².